The van der Waals surface area contributed by atoms with E-state index in [0.717, 1.165) is 0 Å². The first kappa shape index (κ1) is 6.02. The van der Waals surface area contributed by atoms with Crippen LogP contribution in [0.2, 0.25) is 11.0 Å². The van der Waals surface area contributed by atoms with E-state index in [0.29, 0.717) is 0 Å². The van der Waals surface area contributed by atoms with Crippen molar-refractivity contribution in [3.05, 3.63) is 0 Å². The van der Waals surface area contributed by atoms with Gasteiger partial charge in [-0.1, -0.05) is 0 Å². The van der Waals surface area contributed by atoms with Gasteiger partial charge in [-0.05, 0) is 0 Å². The fourth-order valence-electron chi connectivity index (χ4n) is 0. The van der Waals surface area contributed by atoms with Gasteiger partial charge in [-0.3, -0.25) is 0 Å². The van der Waals surface area contributed by atoms with Gasteiger partial charge in [-0.25, -0.2) is 0 Å². The van der Waals surface area contributed by atoms with Crippen molar-refractivity contribution in [2.45, 2.75) is 17.9 Å². The fourth-order valence-corrected chi connectivity index (χ4v) is 0. The normalized spacial score (nSPS) is 15.0. The van der Waals surface area contributed by atoms with Crippen molar-refractivity contribution < 1.29 is 0 Å². The molecule has 0 heterocycles. The third kappa shape index (κ3) is 5.02. The number of rotatable bonds is 1. The van der Waals surface area contributed by atoms with Crippen LogP contribution in [0.25, 0.3) is 0 Å². The summed E-state index contributed by atoms with van der Waals surface area (Å²) in [6, 6.07) is 0. The molecule has 0 nitrogen and oxygen atoms in total. The van der Waals surface area contributed by atoms with Gasteiger partial charge in [-0.2, -0.15) is 0 Å². The summed E-state index contributed by atoms with van der Waals surface area (Å²) in [5, 5.41) is 1.41. The van der Waals surface area contributed by atoms with Crippen LogP contribution in [0.5, 0.6) is 0 Å². The third-order valence-electron chi connectivity index (χ3n) is 0.563. The van der Waals surface area contributed by atoms with Crippen LogP contribution in [0.3, 0.4) is 0 Å². The molecule has 0 amide bonds. The quantitative estimate of drug-likeness (QED) is 0.562. The Hall–Kier alpha value is 1.02. The zero-order valence-corrected chi connectivity index (χ0v) is 7.67. The molecule has 0 aliphatic rings. The van der Waals surface area contributed by atoms with Gasteiger partial charge in [0.2, 0.25) is 0 Å². The molecule has 0 N–H and O–H groups in total. The summed E-state index contributed by atoms with van der Waals surface area (Å²) in [7, 11) is 0. The van der Waals surface area contributed by atoms with Crippen LogP contribution in [0.1, 0.15) is 6.92 Å². The summed E-state index contributed by atoms with van der Waals surface area (Å²) < 4.78 is 0. The van der Waals surface area contributed by atoms with Crippen LogP contribution in [-0.4, -0.2) is 12.5 Å². The van der Waals surface area contributed by atoms with Crippen LogP contribution < -0.4 is 0 Å². The Kier molecular flexibility index (Phi) is 3.88. The van der Waals surface area contributed by atoms with E-state index in [4.69, 9.17) is 0 Å². The molecule has 0 aliphatic carbocycles. The Morgan fingerprint density at radius 3 is 2.00 bits per heavy atom. The molecule has 0 aromatic rings. The first-order valence-corrected chi connectivity index (χ1v) is 11.7. The maximum absolute atomic E-state index is 3.56. The summed E-state index contributed by atoms with van der Waals surface area (Å²) >= 11 is 2.86. The molecule has 0 aliphatic heterocycles. The Balaban J connectivity index is 2.54. The molecule has 0 saturated carbocycles. The zero-order valence-electron chi connectivity index (χ0n) is 3.66. The van der Waals surface area contributed by atoms with Gasteiger partial charge in [0.1, 0.15) is 0 Å². The van der Waals surface area contributed by atoms with E-state index < -0.39 is 12.5 Å². The zero-order chi connectivity index (χ0) is 4.28. The van der Waals surface area contributed by atoms with Crippen molar-refractivity contribution in [3.63, 3.8) is 0 Å². The predicted molar refractivity (Wildman–Crippen MR) is 32.4 cm³/mol. The Bertz CT molecular complexity index is 20.9. The topological polar surface area (TPSA) is 0 Å². The minimum atomic E-state index is -0.699. The van der Waals surface area contributed by atoms with Gasteiger partial charge in [-0.15, -0.1) is 0 Å². The minimum absolute atomic E-state index is 0.699. The summed E-state index contributed by atoms with van der Waals surface area (Å²) in [5.74, 6) is 2.33. The SMILES string of the molecule is C[CH2][GeH]([CH3])[Br]. The van der Waals surface area contributed by atoms with Crippen molar-refractivity contribution in [2.24, 2.45) is 0 Å². The Morgan fingerprint density at radius 1 is 1.80 bits per heavy atom. The van der Waals surface area contributed by atoms with Gasteiger partial charge < -0.3 is 0 Å². The molecule has 32 valence electrons. The van der Waals surface area contributed by atoms with Crippen LogP contribution in [0.4, 0.5) is 0 Å². The van der Waals surface area contributed by atoms with Crippen LogP contribution in [0, 0.1) is 0 Å². The molecule has 0 rings (SSSR count). The summed E-state index contributed by atoms with van der Waals surface area (Å²) in [6.07, 6.45) is 0. The number of hydrogen-bond acceptors (Lipinski definition) is 0. The number of halogens is 1. The number of hydrogen-bond donors (Lipinski definition) is 0. The molecule has 0 aromatic heterocycles. The van der Waals surface area contributed by atoms with Gasteiger partial charge >= 0.3 is 44.4 Å². The van der Waals surface area contributed by atoms with Gasteiger partial charge in [0.25, 0.3) is 0 Å². The van der Waals surface area contributed by atoms with E-state index >= 15 is 0 Å². The van der Waals surface area contributed by atoms with Gasteiger partial charge in [0.15, 0.2) is 0 Å². The van der Waals surface area contributed by atoms with E-state index in [1.165, 1.54) is 5.25 Å². The fraction of sp³-hybridized carbons (Fsp3) is 1.00. The molecule has 0 saturated heterocycles. The van der Waals surface area contributed by atoms with E-state index in [1.54, 1.807) is 0 Å². The average molecular weight is 198 g/mol. The standard InChI is InChI=1S/C3H9BrGe/c1-3-5(2)4/h5H,3H2,1-2H3. The van der Waals surface area contributed by atoms with E-state index in [9.17, 15) is 0 Å². The van der Waals surface area contributed by atoms with Crippen molar-refractivity contribution in [1.29, 1.82) is 0 Å². The molecule has 1 unspecified atom stereocenters. The van der Waals surface area contributed by atoms with Crippen molar-refractivity contribution in [2.75, 3.05) is 0 Å². The maximum atomic E-state index is 3.56. The van der Waals surface area contributed by atoms with Crippen molar-refractivity contribution >= 4 is 26.5 Å². The van der Waals surface area contributed by atoms with Crippen molar-refractivity contribution in [3.8, 4) is 0 Å². The second kappa shape index (κ2) is 3.22. The first-order chi connectivity index (χ1) is 2.27. The van der Waals surface area contributed by atoms with Crippen LogP contribution in [0.15, 0.2) is 0 Å². The molecule has 0 aromatic carbocycles. The third-order valence-corrected chi connectivity index (χ3v) is 6.29. The van der Waals surface area contributed by atoms with E-state index in [2.05, 4.69) is 26.7 Å². The first-order valence-electron chi connectivity index (χ1n) is 1.91. The van der Waals surface area contributed by atoms with E-state index in [1.807, 2.05) is 0 Å². The molecule has 0 spiro atoms. The van der Waals surface area contributed by atoms with Crippen molar-refractivity contribution in [1.82, 2.24) is 0 Å². The van der Waals surface area contributed by atoms with Crippen LogP contribution >= 0.6 is 14.0 Å². The molecular weight excluding hydrogens is 189 g/mol. The second-order valence-corrected chi connectivity index (χ2v) is 14.3. The molecule has 5 heavy (non-hydrogen) atoms. The molecule has 1 atom stereocenters. The second-order valence-electron chi connectivity index (χ2n) is 1.19. The molecule has 0 bridgehead atoms. The Morgan fingerprint density at radius 2 is 2.00 bits per heavy atom. The van der Waals surface area contributed by atoms with Gasteiger partial charge in [0.05, 0.1) is 0 Å². The summed E-state index contributed by atoms with van der Waals surface area (Å²) in [6.45, 7) is 2.24. The predicted octanol–water partition coefficient (Wildman–Crippen LogP) is 1.75. The molecule has 2 heteroatoms. The molecular formula is C3H9BrGe. The summed E-state index contributed by atoms with van der Waals surface area (Å²) in [4.78, 5) is 0. The Labute approximate surface area is 44.7 Å². The molecule has 0 radical (unpaired) electrons. The van der Waals surface area contributed by atoms with Gasteiger partial charge in [0, 0.05) is 0 Å². The van der Waals surface area contributed by atoms with E-state index in [-0.39, 0.29) is 0 Å². The van der Waals surface area contributed by atoms with Crippen LogP contribution in [-0.2, 0) is 0 Å². The average Bonchev–Trinajstić information content (AvgIpc) is 1.38. The summed E-state index contributed by atoms with van der Waals surface area (Å²) in [5.41, 5.74) is 0. The monoisotopic (exact) mass is 198 g/mol. The molecule has 0 fully saturated rings.